The van der Waals surface area contributed by atoms with E-state index in [9.17, 15) is 14.4 Å². The van der Waals surface area contributed by atoms with Crippen molar-refractivity contribution in [3.05, 3.63) is 53.3 Å². The van der Waals surface area contributed by atoms with Gasteiger partial charge in [0.1, 0.15) is 0 Å². The quantitative estimate of drug-likeness (QED) is 0.0732. The summed E-state index contributed by atoms with van der Waals surface area (Å²) >= 11 is 0. The first-order chi connectivity index (χ1) is 17.0. The molecule has 10 nitrogen and oxygen atoms in total. The van der Waals surface area contributed by atoms with Crippen molar-refractivity contribution in [1.82, 2.24) is 15.1 Å². The standard InChI is InChI=1S/C23H32N4O3.C3H10N2O/c1-5-8-14-27(15-9-6-2)23(30)18-10-12-19(13-11-18)26-25-17(4)20(7-3)21(16-28)22(24)29;1-4(2)5(3)6/h10-13,16H,4-9,14-15H2,1-3H3,(H2,24,29);6H,1-3H3/b21-20+,26-25?;. The van der Waals surface area contributed by atoms with Crippen molar-refractivity contribution in [2.75, 3.05) is 34.2 Å². The Kier molecular flexibility index (Phi) is 16.5. The van der Waals surface area contributed by atoms with E-state index in [1.807, 2.05) is 4.90 Å². The average Bonchev–Trinajstić information content (AvgIpc) is 2.85. The second-order valence-electron chi connectivity index (χ2n) is 8.26. The van der Waals surface area contributed by atoms with Crippen molar-refractivity contribution in [1.29, 1.82) is 0 Å². The zero-order valence-corrected chi connectivity index (χ0v) is 22.5. The third-order valence-electron chi connectivity index (χ3n) is 5.24. The van der Waals surface area contributed by atoms with E-state index in [0.29, 0.717) is 29.5 Å². The van der Waals surface area contributed by atoms with Crippen molar-refractivity contribution in [2.24, 2.45) is 16.0 Å². The van der Waals surface area contributed by atoms with E-state index in [4.69, 9.17) is 10.9 Å². The lowest BCUT2D eigenvalue weighted by molar-refractivity contribution is -0.203. The maximum atomic E-state index is 12.8. The van der Waals surface area contributed by atoms with Gasteiger partial charge in [-0.3, -0.25) is 19.6 Å². The summed E-state index contributed by atoms with van der Waals surface area (Å²) in [7, 11) is 5.06. The minimum Gasteiger partial charge on any atom is -0.365 e. The maximum absolute atomic E-state index is 12.8. The summed E-state index contributed by atoms with van der Waals surface area (Å²) in [5.74, 6) is -0.810. The number of carbonyl (C=O) groups is 3. The molecule has 0 aromatic heterocycles. The second kappa shape index (κ2) is 18.1. The van der Waals surface area contributed by atoms with Crippen LogP contribution in [0.3, 0.4) is 0 Å². The number of azo groups is 1. The van der Waals surface area contributed by atoms with Gasteiger partial charge in [0.15, 0.2) is 6.29 Å². The fourth-order valence-electron chi connectivity index (χ4n) is 2.87. The van der Waals surface area contributed by atoms with Crippen LogP contribution in [-0.2, 0) is 9.59 Å². The molecule has 1 aromatic rings. The van der Waals surface area contributed by atoms with Gasteiger partial charge in [-0.2, -0.15) is 10.2 Å². The summed E-state index contributed by atoms with van der Waals surface area (Å²) in [6.07, 6.45) is 4.80. The number of hydrogen-bond acceptors (Lipinski definition) is 8. The number of hydrogen-bond donors (Lipinski definition) is 2. The molecule has 3 N–H and O–H groups in total. The third-order valence-corrected chi connectivity index (χ3v) is 5.24. The second-order valence-corrected chi connectivity index (χ2v) is 8.26. The van der Waals surface area contributed by atoms with Gasteiger partial charge in [-0.05, 0) is 49.1 Å². The summed E-state index contributed by atoms with van der Waals surface area (Å²) in [4.78, 5) is 37.2. The Balaban J connectivity index is 0.00000181. The Hall–Kier alpha value is -3.21. The zero-order valence-electron chi connectivity index (χ0n) is 22.5. The SMILES string of the molecule is C=C(N=Nc1ccc(C(=O)N(CCCC)CCCC)cc1)/C(CC)=C(\C=O)C(N)=O.CN(C)N(C)O. The number of aldehydes is 1. The van der Waals surface area contributed by atoms with Gasteiger partial charge >= 0.3 is 0 Å². The summed E-state index contributed by atoms with van der Waals surface area (Å²) in [5, 5.41) is 19.1. The van der Waals surface area contributed by atoms with Crippen LogP contribution in [0.25, 0.3) is 0 Å². The number of nitrogens with zero attached hydrogens (tertiary/aromatic N) is 5. The number of benzene rings is 1. The van der Waals surface area contributed by atoms with E-state index in [0.717, 1.165) is 43.9 Å². The first-order valence-electron chi connectivity index (χ1n) is 12.1. The lowest BCUT2D eigenvalue weighted by atomic mass is 10.0. The number of carbonyl (C=O) groups excluding carboxylic acids is 3. The molecule has 0 radical (unpaired) electrons. The summed E-state index contributed by atoms with van der Waals surface area (Å²) in [5.41, 5.74) is 6.76. The van der Waals surface area contributed by atoms with Gasteiger partial charge in [-0.15, -0.1) is 5.17 Å². The number of rotatable bonds is 14. The Morgan fingerprint density at radius 1 is 1.03 bits per heavy atom. The Labute approximate surface area is 215 Å². The Morgan fingerprint density at radius 3 is 1.89 bits per heavy atom. The van der Waals surface area contributed by atoms with E-state index < -0.39 is 5.91 Å². The molecule has 0 aliphatic carbocycles. The zero-order chi connectivity index (χ0) is 27.7. The number of nitrogens with two attached hydrogens (primary N) is 1. The van der Waals surface area contributed by atoms with E-state index >= 15 is 0 Å². The highest BCUT2D eigenvalue weighted by atomic mass is 16.5. The molecular weight excluding hydrogens is 460 g/mol. The molecule has 200 valence electrons. The van der Waals surface area contributed by atoms with Gasteiger partial charge in [0, 0.05) is 39.8 Å². The van der Waals surface area contributed by atoms with Gasteiger partial charge in [0.25, 0.3) is 11.8 Å². The van der Waals surface area contributed by atoms with Crippen LogP contribution in [0.5, 0.6) is 0 Å². The highest BCUT2D eigenvalue weighted by Gasteiger charge is 2.15. The number of hydroxylamine groups is 1. The molecule has 1 aromatic carbocycles. The Morgan fingerprint density at radius 2 is 1.53 bits per heavy atom. The molecule has 0 heterocycles. The molecule has 0 aliphatic rings. The van der Waals surface area contributed by atoms with Crippen LogP contribution in [0, 0.1) is 0 Å². The topological polar surface area (TPSA) is 132 Å². The maximum Gasteiger partial charge on any atom is 0.253 e. The highest BCUT2D eigenvalue weighted by molar-refractivity contribution is 6.11. The molecule has 0 saturated carbocycles. The summed E-state index contributed by atoms with van der Waals surface area (Å²) in [6, 6.07) is 6.85. The van der Waals surface area contributed by atoms with Crippen LogP contribution >= 0.6 is 0 Å². The van der Waals surface area contributed by atoms with Crippen LogP contribution < -0.4 is 5.73 Å². The van der Waals surface area contributed by atoms with Crippen molar-refractivity contribution < 1.29 is 19.6 Å². The van der Waals surface area contributed by atoms with Crippen molar-refractivity contribution >= 4 is 23.8 Å². The van der Waals surface area contributed by atoms with E-state index in [-0.39, 0.29) is 17.2 Å². The van der Waals surface area contributed by atoms with E-state index in [1.165, 1.54) is 0 Å². The molecule has 36 heavy (non-hydrogen) atoms. The average molecular weight is 503 g/mol. The van der Waals surface area contributed by atoms with Gasteiger partial charge in [-0.1, -0.05) is 40.2 Å². The number of unbranched alkanes of at least 4 members (excludes halogenated alkanes) is 2. The monoisotopic (exact) mass is 502 g/mol. The lowest BCUT2D eigenvalue weighted by Gasteiger charge is -2.22. The van der Waals surface area contributed by atoms with Crippen molar-refractivity contribution in [3.8, 4) is 0 Å². The van der Waals surface area contributed by atoms with E-state index in [1.54, 1.807) is 57.3 Å². The van der Waals surface area contributed by atoms with Crippen LogP contribution in [0.4, 0.5) is 5.69 Å². The Bertz CT molecular complexity index is 894. The van der Waals surface area contributed by atoms with Gasteiger partial charge in [0.2, 0.25) is 0 Å². The summed E-state index contributed by atoms with van der Waals surface area (Å²) in [6.45, 7) is 11.3. The number of primary amides is 1. The normalized spacial score (nSPS) is 11.7. The molecule has 0 spiro atoms. The minimum atomic E-state index is -0.822. The van der Waals surface area contributed by atoms with Crippen LogP contribution in [0.2, 0.25) is 0 Å². The van der Waals surface area contributed by atoms with Crippen LogP contribution in [0.15, 0.2) is 57.9 Å². The molecule has 2 amide bonds. The largest absolute Gasteiger partial charge is 0.365 e. The smallest absolute Gasteiger partial charge is 0.253 e. The number of amides is 2. The fourth-order valence-corrected chi connectivity index (χ4v) is 2.87. The molecule has 0 atom stereocenters. The minimum absolute atomic E-state index is 0.0121. The molecule has 0 saturated heterocycles. The third kappa shape index (κ3) is 12.0. The number of allylic oxidation sites excluding steroid dienone is 1. The lowest BCUT2D eigenvalue weighted by Crippen LogP contribution is -2.32. The molecule has 0 bridgehead atoms. The van der Waals surface area contributed by atoms with Gasteiger partial charge in [0.05, 0.1) is 17.0 Å². The molecule has 10 heteroatoms. The molecule has 0 unspecified atom stereocenters. The molecule has 0 aliphatic heterocycles. The number of hydrazine groups is 1. The first-order valence-corrected chi connectivity index (χ1v) is 12.1. The highest BCUT2D eigenvalue weighted by Crippen LogP contribution is 2.21. The predicted octanol–water partition coefficient (Wildman–Crippen LogP) is 4.50. The van der Waals surface area contributed by atoms with Crippen molar-refractivity contribution in [3.63, 3.8) is 0 Å². The van der Waals surface area contributed by atoms with Crippen molar-refractivity contribution in [2.45, 2.75) is 52.9 Å². The fraction of sp³-hybridized carbons (Fsp3) is 0.500. The predicted molar refractivity (Wildman–Crippen MR) is 142 cm³/mol. The molecule has 0 fully saturated rings. The van der Waals surface area contributed by atoms with Crippen LogP contribution in [0.1, 0.15) is 63.2 Å². The van der Waals surface area contributed by atoms with Crippen LogP contribution in [-0.4, -0.2) is 72.6 Å². The first kappa shape index (κ1) is 32.8. The van der Waals surface area contributed by atoms with Gasteiger partial charge in [-0.25, -0.2) is 5.01 Å². The molecule has 1 rings (SSSR count). The molecular formula is C26H42N6O4. The summed E-state index contributed by atoms with van der Waals surface area (Å²) < 4.78 is 0. The van der Waals surface area contributed by atoms with Gasteiger partial charge < -0.3 is 10.6 Å². The van der Waals surface area contributed by atoms with E-state index in [2.05, 4.69) is 30.7 Å².